The van der Waals surface area contributed by atoms with E-state index in [9.17, 15) is 0 Å². The van der Waals surface area contributed by atoms with Crippen molar-refractivity contribution in [3.63, 3.8) is 0 Å². The van der Waals surface area contributed by atoms with Gasteiger partial charge in [-0.05, 0) is 32.2 Å². The first-order valence-corrected chi connectivity index (χ1v) is 7.38. The first kappa shape index (κ1) is 12.6. The molecule has 2 aromatic heterocycles. The van der Waals surface area contributed by atoms with E-state index >= 15 is 0 Å². The minimum absolute atomic E-state index is 0.557. The summed E-state index contributed by atoms with van der Waals surface area (Å²) < 4.78 is 0. The molecule has 1 atom stereocenters. The maximum atomic E-state index is 5.76. The summed E-state index contributed by atoms with van der Waals surface area (Å²) in [7, 11) is 0. The zero-order valence-electron chi connectivity index (χ0n) is 11.0. The maximum Gasteiger partial charge on any atom is 0.245 e. The van der Waals surface area contributed by atoms with Gasteiger partial charge in [-0.1, -0.05) is 0 Å². The van der Waals surface area contributed by atoms with Gasteiger partial charge in [-0.2, -0.15) is 4.98 Å². The Labute approximate surface area is 116 Å². The van der Waals surface area contributed by atoms with Crippen LogP contribution in [0.2, 0.25) is 0 Å². The molecule has 0 spiro atoms. The Kier molecular flexibility index (Phi) is 3.48. The number of piperidine rings is 1. The Morgan fingerprint density at radius 3 is 3.21 bits per heavy atom. The van der Waals surface area contributed by atoms with Gasteiger partial charge < -0.3 is 10.6 Å². The van der Waals surface area contributed by atoms with Crippen molar-refractivity contribution in [2.75, 3.05) is 24.5 Å². The molecule has 0 amide bonds. The zero-order valence-corrected chi connectivity index (χ0v) is 11.8. The van der Waals surface area contributed by atoms with Gasteiger partial charge in [0.2, 0.25) is 5.95 Å². The Hall–Kier alpha value is -1.47. The normalized spacial score (nSPS) is 19.9. The van der Waals surface area contributed by atoms with Crippen LogP contribution in [0.3, 0.4) is 0 Å². The molecule has 0 saturated carbocycles. The summed E-state index contributed by atoms with van der Waals surface area (Å²) in [5.74, 6) is 2.14. The van der Waals surface area contributed by atoms with Crippen molar-refractivity contribution in [1.29, 1.82) is 0 Å². The van der Waals surface area contributed by atoms with Gasteiger partial charge in [-0.3, -0.25) is 5.10 Å². The largest absolute Gasteiger partial charge is 0.339 e. The van der Waals surface area contributed by atoms with Crippen LogP contribution < -0.4 is 10.6 Å². The molecule has 2 aromatic rings. The van der Waals surface area contributed by atoms with Crippen LogP contribution in [0.1, 0.15) is 17.8 Å². The highest BCUT2D eigenvalue weighted by molar-refractivity contribution is 7.14. The van der Waals surface area contributed by atoms with Gasteiger partial charge in [0.05, 0.1) is 9.88 Å². The van der Waals surface area contributed by atoms with E-state index in [1.807, 2.05) is 13.1 Å². The number of aryl methyl sites for hydroxylation is 1. The summed E-state index contributed by atoms with van der Waals surface area (Å²) in [5.41, 5.74) is 5.76. The minimum atomic E-state index is 0.557. The van der Waals surface area contributed by atoms with Crippen LogP contribution in [-0.4, -0.2) is 39.8 Å². The molecule has 0 aliphatic carbocycles. The number of nitrogens with one attached hydrogen (secondary N) is 1. The molecule has 1 aliphatic heterocycles. The summed E-state index contributed by atoms with van der Waals surface area (Å²) in [6.45, 7) is 4.69. The predicted octanol–water partition coefficient (Wildman–Crippen LogP) is 1.41. The van der Waals surface area contributed by atoms with E-state index in [4.69, 9.17) is 5.73 Å². The molecule has 1 fully saturated rings. The van der Waals surface area contributed by atoms with Crippen LogP contribution in [0, 0.1) is 12.8 Å². The van der Waals surface area contributed by atoms with Crippen molar-refractivity contribution in [3.05, 3.63) is 11.2 Å². The molecule has 1 unspecified atom stereocenters. The van der Waals surface area contributed by atoms with Crippen LogP contribution in [0.15, 0.2) is 6.20 Å². The third kappa shape index (κ3) is 2.62. The molecule has 1 saturated heterocycles. The number of rotatable bonds is 3. The zero-order chi connectivity index (χ0) is 13.2. The lowest BCUT2D eigenvalue weighted by atomic mass is 9.99. The van der Waals surface area contributed by atoms with E-state index in [1.54, 1.807) is 11.3 Å². The second-order valence-electron chi connectivity index (χ2n) is 4.92. The highest BCUT2D eigenvalue weighted by atomic mass is 32.1. The molecule has 0 bridgehead atoms. The Morgan fingerprint density at radius 1 is 1.58 bits per heavy atom. The maximum absolute atomic E-state index is 5.76. The van der Waals surface area contributed by atoms with Crippen LogP contribution in [0.5, 0.6) is 0 Å². The van der Waals surface area contributed by atoms with Crippen molar-refractivity contribution in [1.82, 2.24) is 20.2 Å². The van der Waals surface area contributed by atoms with Gasteiger partial charge in [-0.25, -0.2) is 4.98 Å². The number of aromatic amines is 1. The molecule has 102 valence electrons. The highest BCUT2D eigenvalue weighted by Crippen LogP contribution is 2.25. The summed E-state index contributed by atoms with van der Waals surface area (Å²) in [6.07, 6.45) is 4.20. The van der Waals surface area contributed by atoms with E-state index in [0.717, 1.165) is 47.7 Å². The molecule has 3 rings (SSSR count). The minimum Gasteiger partial charge on any atom is -0.339 e. The van der Waals surface area contributed by atoms with Crippen LogP contribution >= 0.6 is 11.3 Å². The van der Waals surface area contributed by atoms with Crippen molar-refractivity contribution in [2.24, 2.45) is 11.7 Å². The number of aromatic nitrogens is 4. The summed E-state index contributed by atoms with van der Waals surface area (Å²) in [5, 5.41) is 8.36. The first-order valence-electron chi connectivity index (χ1n) is 6.56. The number of H-pyrrole nitrogens is 1. The number of nitrogens with two attached hydrogens (primary N) is 1. The van der Waals surface area contributed by atoms with E-state index < -0.39 is 0 Å². The van der Waals surface area contributed by atoms with E-state index in [2.05, 4.69) is 25.1 Å². The highest BCUT2D eigenvalue weighted by Gasteiger charge is 2.22. The van der Waals surface area contributed by atoms with E-state index in [0.29, 0.717) is 5.92 Å². The van der Waals surface area contributed by atoms with Crippen molar-refractivity contribution >= 4 is 17.3 Å². The quantitative estimate of drug-likeness (QED) is 0.887. The number of anilines is 1. The molecular formula is C12H18N6S. The SMILES string of the molecule is Cc1ncc(-c2nc(N3CCCC(CN)C3)n[nH]2)s1. The lowest BCUT2D eigenvalue weighted by Crippen LogP contribution is -2.38. The van der Waals surface area contributed by atoms with E-state index in [1.165, 1.54) is 6.42 Å². The second kappa shape index (κ2) is 5.26. The van der Waals surface area contributed by atoms with Crippen LogP contribution in [-0.2, 0) is 0 Å². The first-order chi connectivity index (χ1) is 9.26. The van der Waals surface area contributed by atoms with Gasteiger partial charge in [-0.15, -0.1) is 16.4 Å². The smallest absolute Gasteiger partial charge is 0.245 e. The van der Waals surface area contributed by atoms with Crippen molar-refractivity contribution in [3.8, 4) is 10.7 Å². The third-order valence-electron chi connectivity index (χ3n) is 3.46. The molecule has 3 heterocycles. The molecule has 7 heteroatoms. The van der Waals surface area contributed by atoms with Gasteiger partial charge in [0.25, 0.3) is 0 Å². The molecule has 19 heavy (non-hydrogen) atoms. The van der Waals surface area contributed by atoms with Crippen LogP contribution in [0.25, 0.3) is 10.7 Å². The molecule has 3 N–H and O–H groups in total. The standard InChI is InChI=1S/C12H18N6S/c1-8-14-6-10(19-8)11-15-12(17-16-11)18-4-2-3-9(5-13)7-18/h6,9H,2-5,7,13H2,1H3,(H,15,16,17). The molecular weight excluding hydrogens is 260 g/mol. The lowest BCUT2D eigenvalue weighted by Gasteiger charge is -2.31. The molecule has 6 nitrogen and oxygen atoms in total. The van der Waals surface area contributed by atoms with E-state index in [-0.39, 0.29) is 0 Å². The summed E-state index contributed by atoms with van der Waals surface area (Å²) >= 11 is 1.62. The Balaban J connectivity index is 1.77. The van der Waals surface area contributed by atoms with Crippen molar-refractivity contribution in [2.45, 2.75) is 19.8 Å². The number of hydrogen-bond donors (Lipinski definition) is 2. The second-order valence-corrected chi connectivity index (χ2v) is 6.15. The monoisotopic (exact) mass is 278 g/mol. The Morgan fingerprint density at radius 2 is 2.47 bits per heavy atom. The fourth-order valence-electron chi connectivity index (χ4n) is 2.41. The molecule has 1 aliphatic rings. The van der Waals surface area contributed by atoms with Crippen molar-refractivity contribution < 1.29 is 0 Å². The number of thiazole rings is 1. The van der Waals surface area contributed by atoms with Gasteiger partial charge in [0.15, 0.2) is 5.82 Å². The van der Waals surface area contributed by atoms with Gasteiger partial charge in [0.1, 0.15) is 0 Å². The molecule has 0 aromatic carbocycles. The Bertz CT molecular complexity index is 548. The number of hydrogen-bond acceptors (Lipinski definition) is 6. The topological polar surface area (TPSA) is 83.7 Å². The molecule has 0 radical (unpaired) electrons. The lowest BCUT2D eigenvalue weighted by molar-refractivity contribution is 0.420. The van der Waals surface area contributed by atoms with Crippen LogP contribution in [0.4, 0.5) is 5.95 Å². The van der Waals surface area contributed by atoms with Gasteiger partial charge in [0, 0.05) is 19.3 Å². The predicted molar refractivity (Wildman–Crippen MR) is 76.2 cm³/mol. The fourth-order valence-corrected chi connectivity index (χ4v) is 3.13. The van der Waals surface area contributed by atoms with Gasteiger partial charge >= 0.3 is 0 Å². The average molecular weight is 278 g/mol. The fraction of sp³-hybridized carbons (Fsp3) is 0.583. The number of nitrogens with zero attached hydrogens (tertiary/aromatic N) is 4. The third-order valence-corrected chi connectivity index (χ3v) is 4.38. The summed E-state index contributed by atoms with van der Waals surface area (Å²) in [6, 6.07) is 0. The average Bonchev–Trinajstić information content (AvgIpc) is 3.07. The summed E-state index contributed by atoms with van der Waals surface area (Å²) in [4.78, 5) is 12.1.